The predicted octanol–water partition coefficient (Wildman–Crippen LogP) is 1.75. The number of aliphatic hydroxyl groups excluding tert-OH is 1. The van der Waals surface area contributed by atoms with Gasteiger partial charge in [-0.05, 0) is 46.6 Å². The molecule has 0 aromatic rings. The van der Waals surface area contributed by atoms with Crippen LogP contribution in [0.15, 0.2) is 0 Å². The molecule has 0 saturated carbocycles. The third-order valence-corrected chi connectivity index (χ3v) is 3.17. The fourth-order valence-electron chi connectivity index (χ4n) is 2.24. The zero-order chi connectivity index (χ0) is 14.5. The average Bonchev–Trinajstić information content (AvgIpc) is 2.26. The molecule has 1 aliphatic heterocycles. The van der Waals surface area contributed by atoms with Crippen molar-refractivity contribution in [3.63, 3.8) is 0 Å². The van der Waals surface area contributed by atoms with Gasteiger partial charge in [0.05, 0.1) is 6.10 Å². The highest BCUT2D eigenvalue weighted by molar-refractivity contribution is 5.68. The number of carbonyl (C=O) groups is 1. The van der Waals surface area contributed by atoms with Gasteiger partial charge in [-0.15, -0.1) is 0 Å². The summed E-state index contributed by atoms with van der Waals surface area (Å²) < 4.78 is 5.26. The van der Waals surface area contributed by atoms with Gasteiger partial charge in [-0.25, -0.2) is 4.79 Å². The summed E-state index contributed by atoms with van der Waals surface area (Å²) in [5, 5.41) is 12.6. The lowest BCUT2D eigenvalue weighted by Crippen LogP contribution is -2.50. The summed E-state index contributed by atoms with van der Waals surface area (Å²) in [6.07, 6.45) is 2.14. The Morgan fingerprint density at radius 2 is 2.21 bits per heavy atom. The molecule has 0 unspecified atom stereocenters. The first-order valence-electron chi connectivity index (χ1n) is 7.20. The maximum Gasteiger partial charge on any atom is 0.407 e. The van der Waals surface area contributed by atoms with Crippen molar-refractivity contribution in [2.75, 3.05) is 19.6 Å². The molecule has 0 bridgehead atoms. The molecule has 0 radical (unpaired) electrons. The van der Waals surface area contributed by atoms with Gasteiger partial charge >= 0.3 is 6.09 Å². The highest BCUT2D eigenvalue weighted by Crippen LogP contribution is 2.13. The van der Waals surface area contributed by atoms with Gasteiger partial charge in [-0.3, -0.25) is 4.90 Å². The Labute approximate surface area is 116 Å². The lowest BCUT2D eigenvalue weighted by atomic mass is 10.1. The second kappa shape index (κ2) is 7.10. The first kappa shape index (κ1) is 16.2. The lowest BCUT2D eigenvalue weighted by molar-refractivity contribution is 0.0446. The molecule has 5 heteroatoms. The maximum absolute atomic E-state index is 11.7. The fraction of sp³-hybridized carbons (Fsp3) is 0.929. The number of hydrogen-bond donors (Lipinski definition) is 2. The number of ether oxygens (including phenoxy) is 1. The zero-order valence-electron chi connectivity index (χ0n) is 12.6. The first-order chi connectivity index (χ1) is 8.80. The number of piperidine rings is 1. The number of amides is 1. The number of aliphatic hydroxyl groups is 1. The fourth-order valence-corrected chi connectivity index (χ4v) is 2.24. The number of hydrogen-bond acceptors (Lipinski definition) is 4. The van der Waals surface area contributed by atoms with E-state index in [9.17, 15) is 9.90 Å². The van der Waals surface area contributed by atoms with Crippen molar-refractivity contribution in [1.82, 2.24) is 10.2 Å². The topological polar surface area (TPSA) is 61.8 Å². The summed E-state index contributed by atoms with van der Waals surface area (Å²) in [5.74, 6) is 0. The number of rotatable bonds is 4. The minimum absolute atomic E-state index is 0.118. The molecule has 0 aromatic heterocycles. The molecule has 1 heterocycles. The molecule has 19 heavy (non-hydrogen) atoms. The van der Waals surface area contributed by atoms with Gasteiger partial charge in [0, 0.05) is 19.1 Å². The van der Waals surface area contributed by atoms with Gasteiger partial charge in [-0.2, -0.15) is 0 Å². The van der Waals surface area contributed by atoms with Crippen molar-refractivity contribution in [2.24, 2.45) is 0 Å². The van der Waals surface area contributed by atoms with E-state index < -0.39 is 5.60 Å². The lowest BCUT2D eigenvalue weighted by Gasteiger charge is -2.34. The van der Waals surface area contributed by atoms with Crippen molar-refractivity contribution in [3.8, 4) is 0 Å². The predicted molar refractivity (Wildman–Crippen MR) is 75.1 cm³/mol. The molecular formula is C14H28N2O3. The van der Waals surface area contributed by atoms with Crippen molar-refractivity contribution in [1.29, 1.82) is 0 Å². The molecule has 112 valence electrons. The Hall–Kier alpha value is -0.810. The van der Waals surface area contributed by atoms with Gasteiger partial charge < -0.3 is 15.2 Å². The molecule has 0 aliphatic carbocycles. The van der Waals surface area contributed by atoms with Crippen LogP contribution in [0.2, 0.25) is 0 Å². The number of alkyl carbamates (subject to hydrolysis) is 1. The van der Waals surface area contributed by atoms with Crippen LogP contribution in [0.1, 0.15) is 47.0 Å². The zero-order valence-corrected chi connectivity index (χ0v) is 12.6. The van der Waals surface area contributed by atoms with Crippen LogP contribution in [-0.4, -0.2) is 53.5 Å². The van der Waals surface area contributed by atoms with Gasteiger partial charge in [0.25, 0.3) is 0 Å². The van der Waals surface area contributed by atoms with Crippen LogP contribution in [0.5, 0.6) is 0 Å². The minimum Gasteiger partial charge on any atom is -0.444 e. The molecule has 0 aromatic carbocycles. The van der Waals surface area contributed by atoms with E-state index in [1.54, 1.807) is 0 Å². The summed E-state index contributed by atoms with van der Waals surface area (Å²) >= 11 is 0. The summed E-state index contributed by atoms with van der Waals surface area (Å²) in [7, 11) is 0. The van der Waals surface area contributed by atoms with Crippen LogP contribution < -0.4 is 5.32 Å². The van der Waals surface area contributed by atoms with Gasteiger partial charge in [0.15, 0.2) is 0 Å². The monoisotopic (exact) mass is 272 g/mol. The van der Waals surface area contributed by atoms with Gasteiger partial charge in [0.1, 0.15) is 5.60 Å². The second-order valence-corrected chi connectivity index (χ2v) is 6.31. The van der Waals surface area contributed by atoms with Crippen molar-refractivity contribution in [2.45, 2.75) is 64.7 Å². The summed E-state index contributed by atoms with van der Waals surface area (Å²) in [6.45, 7) is 10.0. The highest BCUT2D eigenvalue weighted by Gasteiger charge is 2.24. The van der Waals surface area contributed by atoms with Crippen LogP contribution in [0.3, 0.4) is 0 Å². The standard InChI is InChI=1S/C14H28N2O3/c1-5-12(17)10-16-8-6-7-11(9-16)15-13(18)19-14(2,3)4/h11-12,17H,5-10H2,1-4H3,(H,15,18)/t11-,12-/m1/s1. The third-order valence-electron chi connectivity index (χ3n) is 3.17. The molecule has 1 rings (SSSR count). The largest absolute Gasteiger partial charge is 0.444 e. The second-order valence-electron chi connectivity index (χ2n) is 6.31. The van der Waals surface area contributed by atoms with Crippen LogP contribution in [0.4, 0.5) is 4.79 Å². The Morgan fingerprint density at radius 3 is 2.79 bits per heavy atom. The molecule has 1 amide bonds. The number of nitrogens with zero attached hydrogens (tertiary/aromatic N) is 1. The van der Waals surface area contributed by atoms with E-state index in [0.29, 0.717) is 6.54 Å². The average molecular weight is 272 g/mol. The molecule has 1 saturated heterocycles. The number of β-amino-alcohol motifs (C(OH)–C–C–N with tert-alkyl or cyclic N) is 1. The van der Waals surface area contributed by atoms with E-state index in [-0.39, 0.29) is 18.2 Å². The third kappa shape index (κ3) is 6.78. The highest BCUT2D eigenvalue weighted by atomic mass is 16.6. The summed E-state index contributed by atoms with van der Waals surface area (Å²) in [4.78, 5) is 13.9. The van der Waals surface area contributed by atoms with E-state index in [0.717, 1.165) is 32.4 Å². The van der Waals surface area contributed by atoms with Crippen LogP contribution in [0.25, 0.3) is 0 Å². The summed E-state index contributed by atoms with van der Waals surface area (Å²) in [5.41, 5.74) is -0.461. The van der Waals surface area contributed by atoms with Gasteiger partial charge in [-0.1, -0.05) is 6.92 Å². The minimum atomic E-state index is -0.461. The molecule has 2 N–H and O–H groups in total. The molecular weight excluding hydrogens is 244 g/mol. The molecule has 1 fully saturated rings. The Bertz CT molecular complexity index is 289. The molecule has 0 spiro atoms. The van der Waals surface area contributed by atoms with E-state index >= 15 is 0 Å². The molecule has 2 atom stereocenters. The van der Waals surface area contributed by atoms with Crippen LogP contribution in [0, 0.1) is 0 Å². The first-order valence-corrected chi connectivity index (χ1v) is 7.20. The van der Waals surface area contributed by atoms with Gasteiger partial charge in [0.2, 0.25) is 0 Å². The Balaban J connectivity index is 2.36. The Morgan fingerprint density at radius 1 is 1.53 bits per heavy atom. The van der Waals surface area contributed by atoms with Crippen LogP contribution in [-0.2, 0) is 4.74 Å². The smallest absolute Gasteiger partial charge is 0.407 e. The molecule has 1 aliphatic rings. The number of carbonyl (C=O) groups excluding carboxylic acids is 1. The molecule has 5 nitrogen and oxygen atoms in total. The SMILES string of the molecule is CC[C@@H](O)CN1CCC[C@@H](NC(=O)OC(C)(C)C)C1. The summed E-state index contributed by atoms with van der Waals surface area (Å²) in [6, 6.07) is 0.118. The maximum atomic E-state index is 11.7. The van der Waals surface area contributed by atoms with Crippen LogP contribution >= 0.6 is 0 Å². The Kier molecular flexibility index (Phi) is 6.07. The number of nitrogens with one attached hydrogen (secondary N) is 1. The quantitative estimate of drug-likeness (QED) is 0.818. The van der Waals surface area contributed by atoms with E-state index in [4.69, 9.17) is 4.74 Å². The van der Waals surface area contributed by atoms with E-state index in [1.807, 2.05) is 27.7 Å². The van der Waals surface area contributed by atoms with Crippen molar-refractivity contribution < 1.29 is 14.6 Å². The van der Waals surface area contributed by atoms with Crippen molar-refractivity contribution in [3.05, 3.63) is 0 Å². The normalized spacial score (nSPS) is 22.9. The van der Waals surface area contributed by atoms with Crippen molar-refractivity contribution >= 4 is 6.09 Å². The van der Waals surface area contributed by atoms with E-state index in [2.05, 4.69) is 10.2 Å². The number of likely N-dealkylation sites (tertiary alicyclic amines) is 1. The van der Waals surface area contributed by atoms with E-state index in [1.165, 1.54) is 0 Å².